The molecule has 5 nitrogen and oxygen atoms in total. The molecule has 1 heterocycles. The molecule has 0 radical (unpaired) electrons. The molecule has 0 saturated carbocycles. The Hall–Kier alpha value is -1.21. The van der Waals surface area contributed by atoms with Crippen molar-refractivity contribution in [2.24, 2.45) is 0 Å². The molecule has 0 bridgehead atoms. The van der Waals surface area contributed by atoms with Crippen molar-refractivity contribution in [3.05, 3.63) is 24.1 Å². The SMILES string of the molecule is CS(=O)(=O)NCCNc1cccc(F)n1. The molecule has 0 fully saturated rings. The first-order valence-electron chi connectivity index (χ1n) is 4.28. The van der Waals surface area contributed by atoms with Crippen LogP contribution in [0.2, 0.25) is 0 Å². The Kier molecular flexibility index (Phi) is 3.98. The lowest BCUT2D eigenvalue weighted by atomic mass is 10.4. The Morgan fingerprint density at radius 1 is 1.40 bits per heavy atom. The van der Waals surface area contributed by atoms with Gasteiger partial charge in [0.15, 0.2) is 0 Å². The van der Waals surface area contributed by atoms with Crippen molar-refractivity contribution in [1.29, 1.82) is 0 Å². The predicted octanol–water partition coefficient (Wildman–Crippen LogP) is 0.182. The van der Waals surface area contributed by atoms with E-state index in [0.29, 0.717) is 12.4 Å². The Morgan fingerprint density at radius 3 is 2.73 bits per heavy atom. The van der Waals surface area contributed by atoms with Gasteiger partial charge in [-0.3, -0.25) is 0 Å². The third-order valence-corrected chi connectivity index (χ3v) is 2.24. The highest BCUT2D eigenvalue weighted by molar-refractivity contribution is 7.88. The molecule has 0 spiro atoms. The molecule has 1 rings (SSSR count). The van der Waals surface area contributed by atoms with E-state index >= 15 is 0 Å². The van der Waals surface area contributed by atoms with Crippen molar-refractivity contribution in [3.8, 4) is 0 Å². The lowest BCUT2D eigenvalue weighted by Gasteiger charge is -2.05. The molecule has 15 heavy (non-hydrogen) atoms. The summed E-state index contributed by atoms with van der Waals surface area (Å²) in [5, 5.41) is 2.78. The second-order valence-corrected chi connectivity index (χ2v) is 4.77. The van der Waals surface area contributed by atoms with Gasteiger partial charge >= 0.3 is 0 Å². The second-order valence-electron chi connectivity index (χ2n) is 2.94. The van der Waals surface area contributed by atoms with Crippen LogP contribution >= 0.6 is 0 Å². The van der Waals surface area contributed by atoms with Crippen LogP contribution in [0.1, 0.15) is 0 Å². The van der Waals surface area contributed by atoms with Crippen LogP contribution in [0.25, 0.3) is 0 Å². The summed E-state index contributed by atoms with van der Waals surface area (Å²) < 4.78 is 36.3. The van der Waals surface area contributed by atoms with E-state index in [-0.39, 0.29) is 6.54 Å². The van der Waals surface area contributed by atoms with Gasteiger partial charge in [0.1, 0.15) is 5.82 Å². The zero-order valence-corrected chi connectivity index (χ0v) is 9.01. The van der Waals surface area contributed by atoms with Crippen molar-refractivity contribution in [3.63, 3.8) is 0 Å². The first-order valence-corrected chi connectivity index (χ1v) is 6.17. The molecule has 0 saturated heterocycles. The van der Waals surface area contributed by atoms with Gasteiger partial charge in [0.2, 0.25) is 16.0 Å². The van der Waals surface area contributed by atoms with E-state index in [0.717, 1.165) is 6.26 Å². The minimum Gasteiger partial charge on any atom is -0.369 e. The van der Waals surface area contributed by atoms with Crippen LogP contribution in [0.15, 0.2) is 18.2 Å². The molecule has 0 aliphatic rings. The average molecular weight is 233 g/mol. The van der Waals surface area contributed by atoms with Crippen molar-refractivity contribution in [2.75, 3.05) is 24.7 Å². The molecule has 0 atom stereocenters. The fraction of sp³-hybridized carbons (Fsp3) is 0.375. The summed E-state index contributed by atoms with van der Waals surface area (Å²) in [6.45, 7) is 0.584. The minimum atomic E-state index is -3.17. The summed E-state index contributed by atoms with van der Waals surface area (Å²) in [5.41, 5.74) is 0. The maximum Gasteiger partial charge on any atom is 0.214 e. The van der Waals surface area contributed by atoms with E-state index in [1.54, 1.807) is 6.07 Å². The fourth-order valence-electron chi connectivity index (χ4n) is 0.934. The average Bonchev–Trinajstić information content (AvgIpc) is 2.11. The quantitative estimate of drug-likeness (QED) is 0.562. The Morgan fingerprint density at radius 2 is 2.13 bits per heavy atom. The van der Waals surface area contributed by atoms with Gasteiger partial charge in [-0.1, -0.05) is 6.07 Å². The van der Waals surface area contributed by atoms with Crippen molar-refractivity contribution >= 4 is 15.8 Å². The first kappa shape index (κ1) is 11.9. The summed E-state index contributed by atoms with van der Waals surface area (Å²) in [6.07, 6.45) is 1.08. The maximum absolute atomic E-state index is 12.6. The molecule has 1 aromatic heterocycles. The largest absolute Gasteiger partial charge is 0.369 e. The summed E-state index contributed by atoms with van der Waals surface area (Å²) in [4.78, 5) is 3.55. The summed E-state index contributed by atoms with van der Waals surface area (Å²) in [5.74, 6) is -0.193. The standard InChI is InChI=1S/C8H12FN3O2S/c1-15(13,14)11-6-5-10-8-4-2-3-7(9)12-8/h2-4,11H,5-6H2,1H3,(H,10,12). The van der Waals surface area contributed by atoms with E-state index in [1.807, 2.05) is 0 Å². The van der Waals surface area contributed by atoms with Gasteiger partial charge in [0, 0.05) is 13.1 Å². The Labute approximate surface area is 87.8 Å². The van der Waals surface area contributed by atoms with E-state index < -0.39 is 16.0 Å². The topological polar surface area (TPSA) is 71.1 Å². The number of nitrogens with one attached hydrogen (secondary N) is 2. The third kappa shape index (κ3) is 5.28. The van der Waals surface area contributed by atoms with Crippen LogP contribution in [0.5, 0.6) is 0 Å². The van der Waals surface area contributed by atoms with Gasteiger partial charge in [-0.05, 0) is 12.1 Å². The lowest BCUT2D eigenvalue weighted by Crippen LogP contribution is -2.27. The summed E-state index contributed by atoms with van der Waals surface area (Å²) >= 11 is 0. The molecule has 7 heteroatoms. The molecule has 0 aromatic carbocycles. The molecule has 1 aromatic rings. The molecule has 0 amide bonds. The molecular weight excluding hydrogens is 221 g/mol. The maximum atomic E-state index is 12.6. The van der Waals surface area contributed by atoms with Gasteiger partial charge in [-0.25, -0.2) is 18.1 Å². The van der Waals surface area contributed by atoms with Crippen LogP contribution in [-0.2, 0) is 10.0 Å². The van der Waals surface area contributed by atoms with Crippen molar-refractivity contribution < 1.29 is 12.8 Å². The molecule has 0 aliphatic carbocycles. The number of halogens is 1. The van der Waals surface area contributed by atoms with Crippen LogP contribution in [0.3, 0.4) is 0 Å². The number of rotatable bonds is 5. The number of sulfonamides is 1. The third-order valence-electron chi connectivity index (χ3n) is 1.51. The van der Waals surface area contributed by atoms with Crippen LogP contribution in [0.4, 0.5) is 10.2 Å². The number of anilines is 1. The van der Waals surface area contributed by atoms with Gasteiger partial charge in [0.25, 0.3) is 0 Å². The lowest BCUT2D eigenvalue weighted by molar-refractivity contribution is 0.583. The molecule has 84 valence electrons. The van der Waals surface area contributed by atoms with Crippen LogP contribution < -0.4 is 10.0 Å². The predicted molar refractivity (Wildman–Crippen MR) is 55.5 cm³/mol. The summed E-state index contributed by atoms with van der Waals surface area (Å²) in [6, 6.07) is 4.36. The van der Waals surface area contributed by atoms with E-state index in [9.17, 15) is 12.8 Å². The van der Waals surface area contributed by atoms with Gasteiger partial charge in [-0.2, -0.15) is 4.39 Å². The smallest absolute Gasteiger partial charge is 0.214 e. The molecular formula is C8H12FN3O2S. The first-order chi connectivity index (χ1) is 6.97. The van der Waals surface area contributed by atoms with Crippen molar-refractivity contribution in [1.82, 2.24) is 9.71 Å². The molecule has 0 unspecified atom stereocenters. The zero-order valence-electron chi connectivity index (χ0n) is 8.20. The van der Waals surface area contributed by atoms with E-state index in [2.05, 4.69) is 15.0 Å². The van der Waals surface area contributed by atoms with E-state index in [1.165, 1.54) is 12.1 Å². The highest BCUT2D eigenvalue weighted by Crippen LogP contribution is 2.01. The minimum absolute atomic E-state index is 0.233. The second kappa shape index (κ2) is 5.04. The molecule has 0 aliphatic heterocycles. The number of hydrogen-bond acceptors (Lipinski definition) is 4. The van der Waals surface area contributed by atoms with Crippen LogP contribution in [-0.4, -0.2) is 32.7 Å². The highest BCUT2D eigenvalue weighted by Gasteiger charge is 1.99. The summed E-state index contributed by atoms with van der Waals surface area (Å²) in [7, 11) is -3.17. The fourth-order valence-corrected chi connectivity index (χ4v) is 1.41. The number of hydrogen-bond donors (Lipinski definition) is 2. The number of pyridine rings is 1. The van der Waals surface area contributed by atoms with Crippen LogP contribution in [0, 0.1) is 5.95 Å². The van der Waals surface area contributed by atoms with Gasteiger partial charge in [0.05, 0.1) is 6.26 Å². The monoisotopic (exact) mass is 233 g/mol. The molecule has 2 N–H and O–H groups in total. The van der Waals surface area contributed by atoms with Gasteiger partial charge in [-0.15, -0.1) is 0 Å². The van der Waals surface area contributed by atoms with E-state index in [4.69, 9.17) is 0 Å². The Bertz CT molecular complexity index is 422. The van der Waals surface area contributed by atoms with Gasteiger partial charge < -0.3 is 5.32 Å². The number of nitrogens with zero attached hydrogens (tertiary/aromatic N) is 1. The Balaban J connectivity index is 2.32. The number of aromatic nitrogens is 1. The normalized spacial score (nSPS) is 11.3. The van der Waals surface area contributed by atoms with Crippen molar-refractivity contribution in [2.45, 2.75) is 0 Å². The zero-order chi connectivity index (χ0) is 11.3. The highest BCUT2D eigenvalue weighted by atomic mass is 32.2.